The van der Waals surface area contributed by atoms with Gasteiger partial charge in [0.1, 0.15) is 11.5 Å². The summed E-state index contributed by atoms with van der Waals surface area (Å²) in [5, 5.41) is 9.32. The first-order chi connectivity index (χ1) is 11.6. The summed E-state index contributed by atoms with van der Waals surface area (Å²) in [5.41, 5.74) is 11.5. The molecule has 0 unspecified atom stereocenters. The lowest BCUT2D eigenvalue weighted by Gasteiger charge is -2.06. The van der Waals surface area contributed by atoms with Gasteiger partial charge in [0, 0.05) is 28.5 Å². The summed E-state index contributed by atoms with van der Waals surface area (Å²) in [6.45, 7) is 0. The van der Waals surface area contributed by atoms with Crippen molar-refractivity contribution in [1.82, 2.24) is 9.97 Å². The van der Waals surface area contributed by atoms with Crippen LogP contribution in [0.1, 0.15) is 24.8 Å². The molecule has 0 fully saturated rings. The Morgan fingerprint density at radius 2 is 1.96 bits per heavy atom. The quantitative estimate of drug-likeness (QED) is 0.634. The van der Waals surface area contributed by atoms with Crippen LogP contribution in [-0.4, -0.2) is 15.7 Å². The smallest absolute Gasteiger partial charge is 0.137 e. The largest absolute Gasteiger partial charge is 0.402 e. The lowest BCUT2D eigenvalue weighted by Crippen LogP contribution is -2.07. The molecular formula is C19H17FN4. The molecule has 5 heteroatoms. The maximum Gasteiger partial charge on any atom is 0.137 e. The maximum absolute atomic E-state index is 13.1. The summed E-state index contributed by atoms with van der Waals surface area (Å²) in [4.78, 5) is 7.66. The average molecular weight is 320 g/mol. The van der Waals surface area contributed by atoms with E-state index in [1.807, 2.05) is 12.1 Å². The van der Waals surface area contributed by atoms with Gasteiger partial charge in [0.2, 0.25) is 0 Å². The average Bonchev–Trinajstić information content (AvgIpc) is 3.20. The van der Waals surface area contributed by atoms with Crippen molar-refractivity contribution in [2.24, 2.45) is 5.73 Å². The van der Waals surface area contributed by atoms with Gasteiger partial charge >= 0.3 is 0 Å². The zero-order valence-corrected chi connectivity index (χ0v) is 13.1. The van der Waals surface area contributed by atoms with Gasteiger partial charge in [0.15, 0.2) is 0 Å². The molecule has 0 atom stereocenters. The molecule has 0 aliphatic heterocycles. The van der Waals surface area contributed by atoms with Crippen LogP contribution in [0.15, 0.2) is 53.9 Å². The zero-order valence-electron chi connectivity index (χ0n) is 13.1. The summed E-state index contributed by atoms with van der Waals surface area (Å²) in [6.07, 6.45) is 4.44. The number of benzene rings is 1. The predicted molar refractivity (Wildman–Crippen MR) is 93.4 cm³/mol. The molecule has 2 heterocycles. The Labute approximate surface area is 138 Å². The molecule has 120 valence electrons. The van der Waals surface area contributed by atoms with Crippen molar-refractivity contribution in [3.05, 3.63) is 65.2 Å². The maximum atomic E-state index is 13.1. The molecule has 2 aromatic heterocycles. The molecule has 3 aromatic rings. The van der Waals surface area contributed by atoms with Gasteiger partial charge in [-0.05, 0) is 66.8 Å². The van der Waals surface area contributed by atoms with Gasteiger partial charge in [-0.3, -0.25) is 5.41 Å². The van der Waals surface area contributed by atoms with E-state index in [1.54, 1.807) is 18.3 Å². The number of pyridine rings is 1. The number of hydrogen-bond acceptors (Lipinski definition) is 3. The number of aromatic amines is 1. The number of nitrogens with two attached hydrogens (primary N) is 1. The molecule has 1 aliphatic carbocycles. The Bertz CT molecular complexity index is 967. The van der Waals surface area contributed by atoms with E-state index in [0.29, 0.717) is 5.71 Å². The molecule has 0 spiro atoms. The molecule has 0 amide bonds. The summed E-state index contributed by atoms with van der Waals surface area (Å²) in [5.74, 6) is -0.258. The molecule has 0 radical (unpaired) electrons. The van der Waals surface area contributed by atoms with Crippen molar-refractivity contribution < 1.29 is 4.39 Å². The standard InChI is InChI=1S/C19H17FN4/c20-14-6-4-11(5-7-14)17-9-12-8-13(10-23-19(12)24-17)18(22)15-2-1-3-16(15)21/h4-10,22H,1-3,21H2,(H,23,24). The highest BCUT2D eigenvalue weighted by Crippen LogP contribution is 2.28. The predicted octanol–water partition coefficient (Wildman–Crippen LogP) is 4.13. The minimum absolute atomic E-state index is 0.258. The molecule has 4 rings (SSSR count). The molecule has 24 heavy (non-hydrogen) atoms. The van der Waals surface area contributed by atoms with Crippen LogP contribution in [0.4, 0.5) is 4.39 Å². The van der Waals surface area contributed by atoms with Crippen molar-refractivity contribution in [3.8, 4) is 11.3 Å². The highest BCUT2D eigenvalue weighted by atomic mass is 19.1. The molecule has 1 aromatic carbocycles. The number of rotatable bonds is 3. The van der Waals surface area contributed by atoms with Crippen LogP contribution in [0, 0.1) is 11.2 Å². The third-order valence-electron chi connectivity index (χ3n) is 4.48. The monoisotopic (exact) mass is 320 g/mol. The van der Waals surface area contributed by atoms with Crippen LogP contribution in [0.5, 0.6) is 0 Å². The number of aromatic nitrogens is 2. The van der Waals surface area contributed by atoms with Crippen LogP contribution in [0.3, 0.4) is 0 Å². The molecule has 4 N–H and O–H groups in total. The van der Waals surface area contributed by atoms with Gasteiger partial charge in [-0.25, -0.2) is 9.37 Å². The fraction of sp³-hybridized carbons (Fsp3) is 0.158. The van der Waals surface area contributed by atoms with Crippen molar-refractivity contribution in [1.29, 1.82) is 5.41 Å². The third kappa shape index (κ3) is 2.48. The first-order valence-corrected chi connectivity index (χ1v) is 7.93. The fourth-order valence-corrected chi connectivity index (χ4v) is 3.16. The van der Waals surface area contributed by atoms with E-state index in [4.69, 9.17) is 11.1 Å². The van der Waals surface area contributed by atoms with Crippen LogP contribution in [0.25, 0.3) is 22.3 Å². The van der Waals surface area contributed by atoms with Crippen LogP contribution in [0.2, 0.25) is 0 Å². The highest BCUT2D eigenvalue weighted by molar-refractivity contribution is 6.12. The highest BCUT2D eigenvalue weighted by Gasteiger charge is 2.18. The number of allylic oxidation sites excluding steroid dienone is 2. The van der Waals surface area contributed by atoms with Gasteiger partial charge in [-0.2, -0.15) is 0 Å². The molecule has 0 saturated carbocycles. The molecule has 1 aliphatic rings. The topological polar surface area (TPSA) is 78.6 Å². The number of hydrogen-bond donors (Lipinski definition) is 3. The van der Waals surface area contributed by atoms with E-state index in [0.717, 1.165) is 58.4 Å². The van der Waals surface area contributed by atoms with Gasteiger partial charge in [0.25, 0.3) is 0 Å². The van der Waals surface area contributed by atoms with Crippen molar-refractivity contribution >= 4 is 16.7 Å². The third-order valence-corrected chi connectivity index (χ3v) is 4.48. The Kier molecular flexibility index (Phi) is 3.41. The first-order valence-electron chi connectivity index (χ1n) is 7.93. The molecule has 0 saturated heterocycles. The second-order valence-corrected chi connectivity index (χ2v) is 6.08. The number of fused-ring (bicyclic) bond motifs is 1. The number of H-pyrrole nitrogens is 1. The zero-order chi connectivity index (χ0) is 16.7. The van der Waals surface area contributed by atoms with Crippen molar-refractivity contribution in [3.63, 3.8) is 0 Å². The van der Waals surface area contributed by atoms with Crippen LogP contribution >= 0.6 is 0 Å². The lowest BCUT2D eigenvalue weighted by atomic mass is 10.0. The molecule has 0 bridgehead atoms. The van der Waals surface area contributed by atoms with Gasteiger partial charge < -0.3 is 10.7 Å². The van der Waals surface area contributed by atoms with Crippen LogP contribution in [-0.2, 0) is 0 Å². The Morgan fingerprint density at radius 1 is 1.17 bits per heavy atom. The normalized spacial score (nSPS) is 14.5. The van der Waals surface area contributed by atoms with Gasteiger partial charge in [-0.15, -0.1) is 0 Å². The summed E-state index contributed by atoms with van der Waals surface area (Å²) < 4.78 is 13.1. The van der Waals surface area contributed by atoms with Crippen LogP contribution < -0.4 is 5.73 Å². The number of nitrogens with one attached hydrogen (secondary N) is 2. The second kappa shape index (κ2) is 5.60. The van der Waals surface area contributed by atoms with Gasteiger partial charge in [0.05, 0.1) is 5.71 Å². The van der Waals surface area contributed by atoms with Gasteiger partial charge in [-0.1, -0.05) is 0 Å². The summed E-state index contributed by atoms with van der Waals surface area (Å²) in [6, 6.07) is 10.3. The Morgan fingerprint density at radius 3 is 2.67 bits per heavy atom. The van der Waals surface area contributed by atoms with E-state index in [9.17, 15) is 4.39 Å². The Hall–Kier alpha value is -2.95. The minimum Gasteiger partial charge on any atom is -0.402 e. The molecule has 4 nitrogen and oxygen atoms in total. The van der Waals surface area contributed by atoms with E-state index in [1.165, 1.54) is 12.1 Å². The summed E-state index contributed by atoms with van der Waals surface area (Å²) >= 11 is 0. The van der Waals surface area contributed by atoms with E-state index in [-0.39, 0.29) is 5.82 Å². The number of nitrogens with zero attached hydrogens (tertiary/aromatic N) is 1. The fourth-order valence-electron chi connectivity index (χ4n) is 3.16. The minimum atomic E-state index is -0.258. The lowest BCUT2D eigenvalue weighted by molar-refractivity contribution is 0.628. The number of halogens is 1. The second-order valence-electron chi connectivity index (χ2n) is 6.08. The van der Waals surface area contributed by atoms with Crippen molar-refractivity contribution in [2.45, 2.75) is 19.3 Å². The van der Waals surface area contributed by atoms with E-state index in [2.05, 4.69) is 9.97 Å². The summed E-state index contributed by atoms with van der Waals surface area (Å²) in [7, 11) is 0. The molecular weight excluding hydrogens is 303 g/mol. The first kappa shape index (κ1) is 14.6. The van der Waals surface area contributed by atoms with E-state index < -0.39 is 0 Å². The SMILES string of the molecule is N=C(C1=C(N)CCC1)c1cnc2[nH]c(-c3ccc(F)cc3)cc2c1. The van der Waals surface area contributed by atoms with Crippen molar-refractivity contribution in [2.75, 3.05) is 0 Å². The Balaban J connectivity index is 1.72. The van der Waals surface area contributed by atoms with E-state index >= 15 is 0 Å².